The number of carbonyl (C=O) groups excluding carboxylic acids is 2. The molecule has 0 aromatic heterocycles. The maximum absolute atomic E-state index is 13.4. The number of hydrogen-bond acceptors (Lipinski definition) is 5. The van der Waals surface area contributed by atoms with Gasteiger partial charge in [0.1, 0.15) is 18.1 Å². The summed E-state index contributed by atoms with van der Waals surface area (Å²) in [5, 5.41) is 5.39. The maximum atomic E-state index is 13.4. The lowest BCUT2D eigenvalue weighted by molar-refractivity contribution is -0.114. The Labute approximate surface area is 203 Å². The van der Waals surface area contributed by atoms with Crippen molar-refractivity contribution in [2.24, 2.45) is 0 Å². The number of halogens is 1. The average molecular weight is 500 g/mol. The number of nitrogens with one attached hydrogen (secondary N) is 2. The van der Waals surface area contributed by atoms with E-state index in [-0.39, 0.29) is 33.8 Å². The first-order valence-electron chi connectivity index (χ1n) is 10.7. The third-order valence-corrected chi connectivity index (χ3v) is 6.70. The van der Waals surface area contributed by atoms with Crippen LogP contribution in [-0.2, 0) is 14.8 Å². The highest BCUT2D eigenvalue weighted by molar-refractivity contribution is 7.92. The molecule has 2 amide bonds. The van der Waals surface area contributed by atoms with Crippen LogP contribution in [0.15, 0.2) is 77.7 Å². The highest BCUT2D eigenvalue weighted by atomic mass is 32.2. The normalized spacial score (nSPS) is 11.1. The van der Waals surface area contributed by atoms with Gasteiger partial charge in [0.2, 0.25) is 5.91 Å². The summed E-state index contributed by atoms with van der Waals surface area (Å²) in [6, 6.07) is 16.7. The molecule has 3 aromatic rings. The third-order valence-electron chi connectivity index (χ3n) is 4.91. The van der Waals surface area contributed by atoms with Crippen LogP contribution in [0.1, 0.15) is 24.2 Å². The fourth-order valence-electron chi connectivity index (χ4n) is 3.25. The lowest BCUT2D eigenvalue weighted by atomic mass is 10.1. The Morgan fingerprint density at radius 1 is 0.971 bits per heavy atom. The molecule has 0 aliphatic carbocycles. The topological polar surface area (TPSA) is 105 Å². The summed E-state index contributed by atoms with van der Waals surface area (Å²) >= 11 is 0. The largest absolute Gasteiger partial charge is 0.497 e. The standard InChI is InChI=1S/C25H26FN3O5S/c1-17(2)27-25(31)22-6-4-5-7-23(22)28-24(30)16-29(19-10-12-20(34-3)13-11-19)35(32,33)21-14-8-18(26)9-15-21/h4-15,17H,16H2,1-3H3,(H,27,31)(H,28,30). The first-order valence-corrected chi connectivity index (χ1v) is 12.2. The Morgan fingerprint density at radius 3 is 2.20 bits per heavy atom. The van der Waals surface area contributed by atoms with Gasteiger partial charge in [0.05, 0.1) is 28.9 Å². The molecule has 0 heterocycles. The first kappa shape index (κ1) is 25.7. The molecule has 0 atom stereocenters. The van der Waals surface area contributed by atoms with Crippen molar-refractivity contribution in [3.63, 3.8) is 0 Å². The number of anilines is 2. The van der Waals surface area contributed by atoms with Gasteiger partial charge in [-0.15, -0.1) is 0 Å². The summed E-state index contributed by atoms with van der Waals surface area (Å²) in [6.45, 7) is 3.03. The van der Waals surface area contributed by atoms with Gasteiger partial charge in [-0.2, -0.15) is 0 Å². The minimum Gasteiger partial charge on any atom is -0.497 e. The zero-order chi connectivity index (χ0) is 25.6. The Kier molecular flexibility index (Phi) is 8.08. The number of carbonyl (C=O) groups is 2. The van der Waals surface area contributed by atoms with E-state index in [1.54, 1.807) is 36.4 Å². The fraction of sp³-hybridized carbons (Fsp3) is 0.200. The van der Waals surface area contributed by atoms with E-state index < -0.39 is 28.3 Å². The SMILES string of the molecule is COc1ccc(N(CC(=O)Nc2ccccc2C(=O)NC(C)C)S(=O)(=O)c2ccc(F)cc2)cc1. The molecule has 3 rings (SSSR count). The molecular weight excluding hydrogens is 473 g/mol. The highest BCUT2D eigenvalue weighted by Gasteiger charge is 2.28. The number of amides is 2. The Balaban J connectivity index is 1.93. The van der Waals surface area contributed by atoms with E-state index >= 15 is 0 Å². The van der Waals surface area contributed by atoms with Crippen LogP contribution in [0.5, 0.6) is 5.75 Å². The van der Waals surface area contributed by atoms with Crippen LogP contribution in [0, 0.1) is 5.82 Å². The molecule has 2 N–H and O–H groups in total. The zero-order valence-electron chi connectivity index (χ0n) is 19.5. The molecule has 0 bridgehead atoms. The number of ether oxygens (including phenoxy) is 1. The van der Waals surface area contributed by atoms with Gasteiger partial charge in [0.25, 0.3) is 15.9 Å². The molecule has 0 aliphatic heterocycles. The lowest BCUT2D eigenvalue weighted by Gasteiger charge is -2.24. The van der Waals surface area contributed by atoms with Crippen molar-refractivity contribution in [3.8, 4) is 5.75 Å². The van der Waals surface area contributed by atoms with Crippen molar-refractivity contribution in [3.05, 3.63) is 84.2 Å². The maximum Gasteiger partial charge on any atom is 0.264 e. The van der Waals surface area contributed by atoms with Crippen LogP contribution < -0.4 is 19.7 Å². The van der Waals surface area contributed by atoms with Crippen molar-refractivity contribution < 1.29 is 27.1 Å². The van der Waals surface area contributed by atoms with E-state index in [9.17, 15) is 22.4 Å². The third kappa shape index (κ3) is 6.36. The monoisotopic (exact) mass is 499 g/mol. The average Bonchev–Trinajstić information content (AvgIpc) is 2.82. The van der Waals surface area contributed by atoms with E-state index in [2.05, 4.69) is 10.6 Å². The molecular formula is C25H26FN3O5S. The molecule has 0 saturated heterocycles. The highest BCUT2D eigenvalue weighted by Crippen LogP contribution is 2.26. The summed E-state index contributed by atoms with van der Waals surface area (Å²) < 4.78 is 46.3. The summed E-state index contributed by atoms with van der Waals surface area (Å²) in [6.07, 6.45) is 0. The van der Waals surface area contributed by atoms with Crippen LogP contribution in [-0.4, -0.2) is 39.9 Å². The summed E-state index contributed by atoms with van der Waals surface area (Å²) in [4.78, 5) is 25.4. The Bertz CT molecular complexity index is 1290. The van der Waals surface area contributed by atoms with Crippen LogP contribution in [0.3, 0.4) is 0 Å². The number of hydrogen-bond donors (Lipinski definition) is 2. The summed E-state index contributed by atoms with van der Waals surface area (Å²) in [5.74, 6) is -1.13. The minimum absolute atomic E-state index is 0.113. The Morgan fingerprint density at radius 2 is 1.60 bits per heavy atom. The van der Waals surface area contributed by atoms with Crippen molar-refractivity contribution in [1.82, 2.24) is 5.32 Å². The van der Waals surface area contributed by atoms with Crippen molar-refractivity contribution >= 4 is 33.2 Å². The van der Waals surface area contributed by atoms with Crippen LogP contribution >= 0.6 is 0 Å². The van der Waals surface area contributed by atoms with Crippen molar-refractivity contribution in [2.45, 2.75) is 24.8 Å². The lowest BCUT2D eigenvalue weighted by Crippen LogP contribution is -2.38. The Hall–Kier alpha value is -3.92. The minimum atomic E-state index is -4.23. The van der Waals surface area contributed by atoms with Crippen molar-refractivity contribution in [2.75, 3.05) is 23.3 Å². The van der Waals surface area contributed by atoms with E-state index in [0.717, 1.165) is 28.6 Å². The molecule has 0 saturated carbocycles. The number of benzene rings is 3. The predicted octanol–water partition coefficient (Wildman–Crippen LogP) is 3.81. The van der Waals surface area contributed by atoms with Crippen LogP contribution in [0.4, 0.5) is 15.8 Å². The molecule has 10 heteroatoms. The molecule has 8 nitrogen and oxygen atoms in total. The number of sulfonamides is 1. The molecule has 0 unspecified atom stereocenters. The summed E-state index contributed by atoms with van der Waals surface area (Å²) in [5.41, 5.74) is 0.688. The van der Waals surface area contributed by atoms with Gasteiger partial charge in [0, 0.05) is 6.04 Å². The second-order valence-electron chi connectivity index (χ2n) is 7.89. The van der Waals surface area contributed by atoms with E-state index in [1.807, 2.05) is 13.8 Å². The van der Waals surface area contributed by atoms with Crippen LogP contribution in [0.25, 0.3) is 0 Å². The molecule has 35 heavy (non-hydrogen) atoms. The molecule has 0 spiro atoms. The van der Waals surface area contributed by atoms with E-state index in [4.69, 9.17) is 4.74 Å². The number of nitrogens with zero attached hydrogens (tertiary/aromatic N) is 1. The second kappa shape index (κ2) is 11.0. The van der Waals surface area contributed by atoms with Gasteiger partial charge in [-0.25, -0.2) is 12.8 Å². The number of methoxy groups -OCH3 is 1. The van der Waals surface area contributed by atoms with E-state index in [1.165, 1.54) is 19.2 Å². The van der Waals surface area contributed by atoms with Gasteiger partial charge >= 0.3 is 0 Å². The molecule has 184 valence electrons. The van der Waals surface area contributed by atoms with Crippen LogP contribution in [0.2, 0.25) is 0 Å². The predicted molar refractivity (Wildman–Crippen MR) is 132 cm³/mol. The van der Waals surface area contributed by atoms with E-state index in [0.29, 0.717) is 5.75 Å². The fourth-order valence-corrected chi connectivity index (χ4v) is 4.67. The molecule has 0 fully saturated rings. The van der Waals surface area contributed by atoms with Crippen molar-refractivity contribution in [1.29, 1.82) is 0 Å². The number of para-hydroxylation sites is 1. The smallest absolute Gasteiger partial charge is 0.264 e. The quantitative estimate of drug-likeness (QED) is 0.466. The second-order valence-corrected chi connectivity index (χ2v) is 9.75. The van der Waals surface area contributed by atoms with Gasteiger partial charge in [-0.05, 0) is 74.5 Å². The first-order chi connectivity index (χ1) is 16.6. The summed E-state index contributed by atoms with van der Waals surface area (Å²) in [7, 11) is -2.76. The van der Waals surface area contributed by atoms with Gasteiger partial charge in [-0.1, -0.05) is 12.1 Å². The number of rotatable bonds is 9. The van der Waals surface area contributed by atoms with Gasteiger partial charge in [-0.3, -0.25) is 13.9 Å². The molecule has 0 aliphatic rings. The zero-order valence-corrected chi connectivity index (χ0v) is 20.3. The molecule has 0 radical (unpaired) electrons. The molecule has 3 aromatic carbocycles. The van der Waals surface area contributed by atoms with Gasteiger partial charge in [0.15, 0.2) is 0 Å². The van der Waals surface area contributed by atoms with Gasteiger partial charge < -0.3 is 15.4 Å².